The van der Waals surface area contributed by atoms with Gasteiger partial charge in [-0.15, -0.1) is 11.3 Å². The van der Waals surface area contributed by atoms with E-state index in [2.05, 4.69) is 53.1 Å². The summed E-state index contributed by atoms with van der Waals surface area (Å²) >= 11 is 1.41. The Hall–Kier alpha value is -4.77. The number of rotatable bonds is 10. The number of nitrogens with one attached hydrogen (secondary N) is 1. The number of carboxylic acids is 1. The van der Waals surface area contributed by atoms with Crippen molar-refractivity contribution in [2.24, 2.45) is 5.92 Å². The fraction of sp³-hybridized carbons (Fsp3) is 0.395. The average molecular weight is 682 g/mol. The maximum Gasteiger partial charge on any atom is 0.310 e. The maximum absolute atomic E-state index is 13.5. The highest BCUT2D eigenvalue weighted by molar-refractivity contribution is 7.14. The molecule has 1 atom stereocenters. The van der Waals surface area contributed by atoms with Gasteiger partial charge < -0.3 is 25.0 Å². The molecule has 0 aliphatic carbocycles. The SMILES string of the molecule is COc1ccccc1C1CCN(c2cnc(-c3ccc(C[C@H](NC(=O)c4ccc(C(C)(C)C)s4)C(=O)N4CC(C(=O)O)C4)cc3)nc2)CC1. The lowest BCUT2D eigenvalue weighted by Gasteiger charge is -2.38. The number of thiophene rings is 1. The number of hydrogen-bond donors (Lipinski definition) is 2. The maximum atomic E-state index is 13.5. The van der Waals surface area contributed by atoms with Crippen LogP contribution in [0.25, 0.3) is 11.4 Å². The van der Waals surface area contributed by atoms with Crippen molar-refractivity contribution in [3.8, 4) is 17.1 Å². The molecule has 256 valence electrons. The van der Waals surface area contributed by atoms with Crippen molar-refractivity contribution < 1.29 is 24.2 Å². The third kappa shape index (κ3) is 7.77. The number of carbonyl (C=O) groups is 3. The largest absolute Gasteiger partial charge is 0.496 e. The summed E-state index contributed by atoms with van der Waals surface area (Å²) in [7, 11) is 1.72. The van der Waals surface area contributed by atoms with Gasteiger partial charge in [-0.1, -0.05) is 63.2 Å². The molecular formula is C38H43N5O5S. The first kappa shape index (κ1) is 34.1. The van der Waals surface area contributed by atoms with Crippen LogP contribution < -0.4 is 15.0 Å². The summed E-state index contributed by atoms with van der Waals surface area (Å²) in [6, 6.07) is 18.8. The molecule has 11 heteroatoms. The van der Waals surface area contributed by atoms with Crippen LogP contribution in [0, 0.1) is 5.92 Å². The molecule has 6 rings (SSSR count). The van der Waals surface area contributed by atoms with Crippen LogP contribution in [0.1, 0.15) is 65.2 Å². The van der Waals surface area contributed by atoms with E-state index in [1.54, 1.807) is 13.2 Å². The van der Waals surface area contributed by atoms with Gasteiger partial charge in [0.15, 0.2) is 5.82 Å². The number of amides is 2. The van der Waals surface area contributed by atoms with Crippen molar-refractivity contribution in [3.63, 3.8) is 0 Å². The highest BCUT2D eigenvalue weighted by atomic mass is 32.1. The summed E-state index contributed by atoms with van der Waals surface area (Å²) in [5.41, 5.74) is 3.86. The van der Waals surface area contributed by atoms with E-state index in [4.69, 9.17) is 4.74 Å². The van der Waals surface area contributed by atoms with Crippen LogP contribution in [-0.4, -0.2) is 77.1 Å². The number of anilines is 1. The molecule has 0 saturated carbocycles. The molecule has 2 aromatic heterocycles. The van der Waals surface area contributed by atoms with E-state index >= 15 is 0 Å². The summed E-state index contributed by atoms with van der Waals surface area (Å²) in [5, 5.41) is 12.3. The molecule has 0 unspecified atom stereocenters. The third-order valence-corrected chi connectivity index (χ3v) is 11.0. The minimum absolute atomic E-state index is 0.0948. The lowest BCUT2D eigenvalue weighted by Crippen LogP contribution is -2.59. The van der Waals surface area contributed by atoms with Crippen LogP contribution in [0.3, 0.4) is 0 Å². The zero-order valence-corrected chi connectivity index (χ0v) is 29.2. The van der Waals surface area contributed by atoms with E-state index in [0.29, 0.717) is 16.6 Å². The van der Waals surface area contributed by atoms with E-state index in [-0.39, 0.29) is 36.7 Å². The van der Waals surface area contributed by atoms with Gasteiger partial charge in [-0.2, -0.15) is 0 Å². The predicted octanol–water partition coefficient (Wildman–Crippen LogP) is 5.78. The van der Waals surface area contributed by atoms with Gasteiger partial charge >= 0.3 is 5.97 Å². The molecular weight excluding hydrogens is 639 g/mol. The molecule has 4 heterocycles. The number of hydrogen-bond acceptors (Lipinski definition) is 8. The van der Waals surface area contributed by atoms with Crippen LogP contribution in [0.5, 0.6) is 5.75 Å². The number of carboxylic acid groups (broad SMARTS) is 1. The summed E-state index contributed by atoms with van der Waals surface area (Å²) in [4.78, 5) is 52.9. The van der Waals surface area contributed by atoms with Gasteiger partial charge in [0.25, 0.3) is 5.91 Å². The first-order valence-corrected chi connectivity index (χ1v) is 17.5. The van der Waals surface area contributed by atoms with Crippen molar-refractivity contribution >= 4 is 34.8 Å². The molecule has 2 aliphatic heterocycles. The lowest BCUT2D eigenvalue weighted by molar-refractivity contribution is -0.153. The molecule has 2 aromatic carbocycles. The molecule has 2 fully saturated rings. The second kappa shape index (κ2) is 14.4. The Bertz CT molecular complexity index is 1790. The number of benzene rings is 2. The average Bonchev–Trinajstić information content (AvgIpc) is 3.60. The van der Waals surface area contributed by atoms with Crippen molar-refractivity contribution in [2.45, 2.75) is 57.4 Å². The van der Waals surface area contributed by atoms with E-state index in [0.717, 1.165) is 53.4 Å². The summed E-state index contributed by atoms with van der Waals surface area (Å²) in [6.07, 6.45) is 6.06. The van der Waals surface area contributed by atoms with Gasteiger partial charge in [-0.3, -0.25) is 14.4 Å². The van der Waals surface area contributed by atoms with Crippen molar-refractivity contribution in [1.29, 1.82) is 0 Å². The van der Waals surface area contributed by atoms with Crippen LogP contribution in [0.15, 0.2) is 73.1 Å². The Balaban J connectivity index is 1.10. The third-order valence-electron chi connectivity index (χ3n) is 9.44. The molecule has 2 amide bonds. The van der Waals surface area contributed by atoms with Crippen LogP contribution in [-0.2, 0) is 21.4 Å². The first-order chi connectivity index (χ1) is 23.5. The Morgan fingerprint density at radius 1 is 0.980 bits per heavy atom. The Morgan fingerprint density at radius 3 is 2.27 bits per heavy atom. The number of ether oxygens (including phenoxy) is 1. The van der Waals surface area contributed by atoms with Crippen LogP contribution >= 0.6 is 11.3 Å². The Kier molecular flexibility index (Phi) is 10.0. The predicted molar refractivity (Wildman–Crippen MR) is 190 cm³/mol. The number of aromatic nitrogens is 2. The molecule has 2 saturated heterocycles. The van der Waals surface area contributed by atoms with Crippen molar-refractivity contribution in [2.75, 3.05) is 38.2 Å². The molecule has 0 radical (unpaired) electrons. The van der Waals surface area contributed by atoms with E-state index in [9.17, 15) is 19.5 Å². The van der Waals surface area contributed by atoms with Crippen LogP contribution in [0.2, 0.25) is 0 Å². The summed E-state index contributed by atoms with van der Waals surface area (Å²) in [6.45, 7) is 8.37. The molecule has 49 heavy (non-hydrogen) atoms. The van der Waals surface area contributed by atoms with Gasteiger partial charge in [-0.25, -0.2) is 9.97 Å². The van der Waals surface area contributed by atoms with E-state index in [1.807, 2.05) is 54.9 Å². The van der Waals surface area contributed by atoms with Gasteiger partial charge in [0.1, 0.15) is 11.8 Å². The number of nitrogens with zero attached hydrogens (tertiary/aromatic N) is 4. The normalized spacial score (nSPS) is 16.2. The number of carbonyl (C=O) groups excluding carboxylic acids is 2. The van der Waals surface area contributed by atoms with Gasteiger partial charge in [-0.05, 0) is 53.5 Å². The second-order valence-electron chi connectivity index (χ2n) is 13.9. The number of likely N-dealkylation sites (tertiary alicyclic amines) is 1. The smallest absolute Gasteiger partial charge is 0.310 e. The van der Waals surface area contributed by atoms with Gasteiger partial charge in [0, 0.05) is 43.0 Å². The fourth-order valence-corrected chi connectivity index (χ4v) is 7.41. The molecule has 2 aliphatic rings. The molecule has 2 N–H and O–H groups in total. The van der Waals surface area contributed by atoms with Crippen molar-refractivity contribution in [1.82, 2.24) is 20.2 Å². The second-order valence-corrected chi connectivity index (χ2v) is 15.0. The first-order valence-electron chi connectivity index (χ1n) is 16.7. The summed E-state index contributed by atoms with van der Waals surface area (Å²) < 4.78 is 5.59. The Labute approximate surface area is 291 Å². The number of para-hydroxylation sites is 1. The van der Waals surface area contributed by atoms with E-state index in [1.165, 1.54) is 21.8 Å². The monoisotopic (exact) mass is 681 g/mol. The molecule has 4 aromatic rings. The van der Waals surface area contributed by atoms with Gasteiger partial charge in [0.2, 0.25) is 5.91 Å². The number of aliphatic carboxylic acids is 1. The zero-order chi connectivity index (χ0) is 34.7. The highest BCUT2D eigenvalue weighted by Crippen LogP contribution is 2.35. The standard InChI is InChI=1S/C38H43N5O5S/c1-38(2,3)33-14-13-32(49-33)35(44)41-30(36(45)43-22-27(23-43)37(46)47)19-24-9-11-26(12-10-24)34-39-20-28(21-40-34)42-17-15-25(16-18-42)29-7-5-6-8-31(29)48-4/h5-14,20-21,25,27,30H,15-19,22-23H2,1-4H3,(H,41,44)(H,46,47)/t30-/m0/s1. The number of piperidine rings is 1. The minimum atomic E-state index is -0.919. The quantitative estimate of drug-likeness (QED) is 0.216. The fourth-order valence-electron chi connectivity index (χ4n) is 6.44. The highest BCUT2D eigenvalue weighted by Gasteiger charge is 2.39. The van der Waals surface area contributed by atoms with E-state index < -0.39 is 17.9 Å². The van der Waals surface area contributed by atoms with Crippen molar-refractivity contribution in [3.05, 3.63) is 93.9 Å². The molecule has 0 spiro atoms. The zero-order valence-electron chi connectivity index (χ0n) is 28.4. The minimum Gasteiger partial charge on any atom is -0.496 e. The van der Waals surface area contributed by atoms with Gasteiger partial charge in [0.05, 0.1) is 36.0 Å². The Morgan fingerprint density at radius 2 is 1.65 bits per heavy atom. The molecule has 0 bridgehead atoms. The van der Waals surface area contributed by atoms with Crippen LogP contribution in [0.4, 0.5) is 5.69 Å². The number of methoxy groups -OCH3 is 1. The summed E-state index contributed by atoms with van der Waals surface area (Å²) in [5.74, 6) is -0.0896. The molecule has 10 nitrogen and oxygen atoms in total. The lowest BCUT2D eigenvalue weighted by atomic mass is 9.88. The topological polar surface area (TPSA) is 125 Å².